The Balaban J connectivity index is 1.72. The van der Waals surface area contributed by atoms with Crippen molar-refractivity contribution in [1.82, 2.24) is 14.7 Å². The molecular weight excluding hydrogens is 332 g/mol. The number of β-amino-alcohol motifs (C(OH)–C–C–N with tert-alkyl or cyclic N) is 1. The molecule has 0 aliphatic carbocycles. The highest BCUT2D eigenvalue weighted by Gasteiger charge is 2.40. The first-order valence-electron chi connectivity index (χ1n) is 8.61. The number of aromatic nitrogens is 2. The van der Waals surface area contributed by atoms with Gasteiger partial charge in [-0.1, -0.05) is 24.3 Å². The molecule has 0 bridgehead atoms. The first-order chi connectivity index (χ1) is 12.3. The average Bonchev–Trinajstić information content (AvgIpc) is 3.00. The third kappa shape index (κ3) is 3.48. The quantitative estimate of drug-likeness (QED) is 0.874. The molecule has 1 saturated heterocycles. The molecule has 1 aromatic carbocycles. The molecular formula is C19H24N4O3. The van der Waals surface area contributed by atoms with Crippen LogP contribution in [0.3, 0.4) is 0 Å². The van der Waals surface area contributed by atoms with Crippen LogP contribution < -0.4 is 10.5 Å². The number of hydrogen-bond donors (Lipinski definition) is 1. The Kier molecular flexibility index (Phi) is 4.82. The van der Waals surface area contributed by atoms with Gasteiger partial charge in [0.15, 0.2) is 0 Å². The number of carbonyl (C=O) groups excluding carboxylic acids is 1. The Bertz CT molecular complexity index is 877. The highest BCUT2D eigenvalue weighted by molar-refractivity contribution is 5.76. The number of benzene rings is 1. The molecule has 7 heteroatoms. The smallest absolute Gasteiger partial charge is 0.269 e. The van der Waals surface area contributed by atoms with Gasteiger partial charge in [0, 0.05) is 26.7 Å². The number of amides is 1. The molecule has 2 heterocycles. The van der Waals surface area contributed by atoms with E-state index in [1.54, 1.807) is 16.0 Å². The van der Waals surface area contributed by atoms with Crippen molar-refractivity contribution in [3.05, 3.63) is 58.0 Å². The number of carbonyl (C=O) groups is 1. The molecule has 7 nitrogen and oxygen atoms in total. The van der Waals surface area contributed by atoms with Crippen LogP contribution in [0.4, 0.5) is 5.69 Å². The van der Waals surface area contributed by atoms with Gasteiger partial charge in [-0.25, -0.2) is 4.68 Å². The van der Waals surface area contributed by atoms with E-state index in [2.05, 4.69) is 5.10 Å². The number of aryl methyl sites for hydroxylation is 1. The number of likely N-dealkylation sites (tertiary alicyclic amines) is 1. The zero-order chi connectivity index (χ0) is 18.9. The summed E-state index contributed by atoms with van der Waals surface area (Å²) in [6.07, 6.45) is 2.04. The van der Waals surface area contributed by atoms with E-state index in [1.807, 2.05) is 45.3 Å². The largest absolute Gasteiger partial charge is 0.383 e. The molecule has 1 atom stereocenters. The summed E-state index contributed by atoms with van der Waals surface area (Å²) in [6, 6.07) is 9.12. The van der Waals surface area contributed by atoms with E-state index in [-0.39, 0.29) is 24.6 Å². The van der Waals surface area contributed by atoms with Crippen molar-refractivity contribution < 1.29 is 9.90 Å². The summed E-state index contributed by atoms with van der Waals surface area (Å²) in [7, 11) is 3.64. The number of hydrogen-bond acceptors (Lipinski definition) is 5. The molecule has 0 spiro atoms. The minimum atomic E-state index is -1.05. The summed E-state index contributed by atoms with van der Waals surface area (Å²) in [4.78, 5) is 28.1. The van der Waals surface area contributed by atoms with Crippen molar-refractivity contribution >= 4 is 11.6 Å². The van der Waals surface area contributed by atoms with Crippen LogP contribution in [0.2, 0.25) is 0 Å². The third-order valence-corrected chi connectivity index (χ3v) is 4.90. The minimum absolute atomic E-state index is 0.129. The fourth-order valence-corrected chi connectivity index (χ4v) is 3.34. The molecule has 1 amide bonds. The van der Waals surface area contributed by atoms with E-state index in [4.69, 9.17) is 0 Å². The van der Waals surface area contributed by atoms with Crippen molar-refractivity contribution in [3.8, 4) is 0 Å². The molecule has 1 aromatic heterocycles. The van der Waals surface area contributed by atoms with Crippen molar-refractivity contribution in [2.75, 3.05) is 32.1 Å². The maximum Gasteiger partial charge on any atom is 0.269 e. The predicted molar refractivity (Wildman–Crippen MR) is 99.1 cm³/mol. The molecule has 3 rings (SSSR count). The van der Waals surface area contributed by atoms with E-state index in [0.717, 1.165) is 15.8 Å². The first kappa shape index (κ1) is 18.1. The highest BCUT2D eigenvalue weighted by Crippen LogP contribution is 2.33. The van der Waals surface area contributed by atoms with Gasteiger partial charge >= 0.3 is 0 Å². The molecule has 1 aliphatic rings. The lowest BCUT2D eigenvalue weighted by molar-refractivity contribution is -0.132. The molecule has 2 aromatic rings. The lowest BCUT2D eigenvalue weighted by atomic mass is 9.89. The van der Waals surface area contributed by atoms with Crippen LogP contribution in [-0.2, 0) is 16.9 Å². The lowest BCUT2D eigenvalue weighted by Crippen LogP contribution is -2.38. The molecule has 1 N–H and O–H groups in total. The van der Waals surface area contributed by atoms with E-state index < -0.39 is 5.60 Å². The Morgan fingerprint density at radius 1 is 1.35 bits per heavy atom. The predicted octanol–water partition coefficient (Wildman–Crippen LogP) is 0.738. The van der Waals surface area contributed by atoms with E-state index in [0.29, 0.717) is 18.7 Å². The van der Waals surface area contributed by atoms with Crippen LogP contribution in [0.1, 0.15) is 17.5 Å². The van der Waals surface area contributed by atoms with E-state index in [9.17, 15) is 14.7 Å². The minimum Gasteiger partial charge on any atom is -0.383 e. The van der Waals surface area contributed by atoms with Gasteiger partial charge in [-0.2, -0.15) is 5.10 Å². The van der Waals surface area contributed by atoms with Crippen LogP contribution in [0.5, 0.6) is 0 Å². The molecule has 1 fully saturated rings. The van der Waals surface area contributed by atoms with Gasteiger partial charge < -0.3 is 14.9 Å². The van der Waals surface area contributed by atoms with Gasteiger partial charge in [0.1, 0.15) is 12.1 Å². The second-order valence-corrected chi connectivity index (χ2v) is 7.02. The second-order valence-electron chi connectivity index (χ2n) is 7.02. The van der Waals surface area contributed by atoms with Gasteiger partial charge in [0.25, 0.3) is 5.56 Å². The van der Waals surface area contributed by atoms with Gasteiger partial charge in [0.2, 0.25) is 5.91 Å². The van der Waals surface area contributed by atoms with Gasteiger partial charge in [-0.3, -0.25) is 9.59 Å². The third-order valence-electron chi connectivity index (χ3n) is 4.90. The average molecular weight is 356 g/mol. The van der Waals surface area contributed by atoms with Gasteiger partial charge in [-0.15, -0.1) is 0 Å². The fourth-order valence-electron chi connectivity index (χ4n) is 3.34. The summed E-state index contributed by atoms with van der Waals surface area (Å²) in [5, 5.41) is 15.1. The van der Waals surface area contributed by atoms with Gasteiger partial charge in [-0.05, 0) is 24.5 Å². The number of anilines is 1. The van der Waals surface area contributed by atoms with Gasteiger partial charge in [0.05, 0.1) is 18.4 Å². The molecule has 0 radical (unpaired) electrons. The molecule has 1 aliphatic heterocycles. The summed E-state index contributed by atoms with van der Waals surface area (Å²) >= 11 is 0. The molecule has 0 unspecified atom stereocenters. The SMILES string of the molecule is Cc1ccccc1[C@@]1(O)CCN(C(=O)Cn2ncc(N(C)C)cc2=O)C1. The molecule has 0 saturated carbocycles. The zero-order valence-electron chi connectivity index (χ0n) is 15.3. The van der Waals surface area contributed by atoms with Crippen LogP contribution in [0, 0.1) is 6.92 Å². The number of rotatable bonds is 4. The number of aliphatic hydroxyl groups is 1. The highest BCUT2D eigenvalue weighted by atomic mass is 16.3. The topological polar surface area (TPSA) is 78.7 Å². The van der Waals surface area contributed by atoms with Crippen LogP contribution >= 0.6 is 0 Å². The standard InChI is InChI=1S/C19H24N4O3/c1-14-6-4-5-7-16(14)19(26)8-9-22(13-19)18(25)12-23-17(24)10-15(11-20-23)21(2)3/h4-7,10-11,26H,8-9,12-13H2,1-3H3/t19-/m1/s1. The Morgan fingerprint density at radius 3 is 2.73 bits per heavy atom. The van der Waals surface area contributed by atoms with Crippen molar-refractivity contribution in [2.45, 2.75) is 25.5 Å². The lowest BCUT2D eigenvalue weighted by Gasteiger charge is -2.25. The van der Waals surface area contributed by atoms with Crippen LogP contribution in [0.25, 0.3) is 0 Å². The van der Waals surface area contributed by atoms with E-state index >= 15 is 0 Å². The van der Waals surface area contributed by atoms with E-state index in [1.165, 1.54) is 6.07 Å². The summed E-state index contributed by atoms with van der Waals surface area (Å²) in [5.41, 5.74) is 1.17. The fraction of sp³-hybridized carbons (Fsp3) is 0.421. The Labute approximate surface area is 152 Å². The Hall–Kier alpha value is -2.67. The molecule has 26 heavy (non-hydrogen) atoms. The maximum absolute atomic E-state index is 12.6. The van der Waals surface area contributed by atoms with Crippen molar-refractivity contribution in [3.63, 3.8) is 0 Å². The van der Waals surface area contributed by atoms with Crippen LogP contribution in [-0.4, -0.2) is 52.9 Å². The summed E-state index contributed by atoms with van der Waals surface area (Å²) < 4.78 is 1.15. The maximum atomic E-state index is 12.6. The summed E-state index contributed by atoms with van der Waals surface area (Å²) in [6.45, 7) is 2.50. The van der Waals surface area contributed by atoms with Crippen molar-refractivity contribution in [1.29, 1.82) is 0 Å². The van der Waals surface area contributed by atoms with Crippen molar-refractivity contribution in [2.24, 2.45) is 0 Å². The second kappa shape index (κ2) is 6.92. The summed E-state index contributed by atoms with van der Waals surface area (Å²) in [5.74, 6) is -0.221. The first-order valence-corrected chi connectivity index (χ1v) is 8.61. The normalized spacial score (nSPS) is 19.6. The monoisotopic (exact) mass is 356 g/mol. The number of nitrogens with zero attached hydrogens (tertiary/aromatic N) is 4. The van der Waals surface area contributed by atoms with Crippen LogP contribution in [0.15, 0.2) is 41.3 Å². The Morgan fingerprint density at radius 2 is 2.08 bits per heavy atom. The molecule has 138 valence electrons. The zero-order valence-corrected chi connectivity index (χ0v) is 15.3.